The number of anilines is 1. The smallest absolute Gasteiger partial charge is 0.349 e. The van der Waals surface area contributed by atoms with Gasteiger partial charge in [0.1, 0.15) is 4.88 Å². The fourth-order valence-corrected chi connectivity index (χ4v) is 5.13. The topological polar surface area (TPSA) is 41.6 Å². The molecule has 0 radical (unpaired) electrons. The number of thiophene rings is 1. The Morgan fingerprint density at radius 3 is 2.68 bits per heavy atom. The number of carbonyl (C=O) groups is 1. The van der Waals surface area contributed by atoms with E-state index in [4.69, 9.17) is 28.6 Å². The molecule has 2 atom stereocenters. The summed E-state index contributed by atoms with van der Waals surface area (Å²) in [5.41, 5.74) is 0.901. The molecule has 134 valence electrons. The van der Waals surface area contributed by atoms with Crippen LogP contribution in [-0.2, 0) is 4.74 Å². The molecule has 1 saturated heterocycles. The molecule has 1 aliphatic rings. The molecule has 0 amide bonds. The molecule has 7 heteroatoms. The van der Waals surface area contributed by atoms with E-state index in [-0.39, 0.29) is 0 Å². The van der Waals surface area contributed by atoms with Gasteiger partial charge < -0.3 is 15.0 Å². The van der Waals surface area contributed by atoms with Crippen LogP contribution in [0.5, 0.6) is 0 Å². The van der Waals surface area contributed by atoms with Crippen molar-refractivity contribution in [3.8, 4) is 0 Å². The number of likely N-dealkylation sites (tertiary alicyclic amines) is 1. The molecule has 25 heavy (non-hydrogen) atoms. The van der Waals surface area contributed by atoms with Crippen LogP contribution in [0.1, 0.15) is 29.9 Å². The van der Waals surface area contributed by atoms with E-state index in [1.807, 2.05) is 18.2 Å². The predicted octanol–water partition coefficient (Wildman–Crippen LogP) is 5.02. The second-order valence-corrected chi connectivity index (χ2v) is 8.55. The number of ether oxygens (including phenoxy) is 1. The quantitative estimate of drug-likeness (QED) is 0.570. The first-order chi connectivity index (χ1) is 11.9. The zero-order valence-electron chi connectivity index (χ0n) is 14.5. The number of fused-ring (bicyclic) bond motifs is 1. The third-order valence-electron chi connectivity index (χ3n) is 4.41. The fraction of sp³-hybridized carbons (Fsp3) is 0.444. The number of carbonyl (C=O) groups excluding carboxylic acids is 1. The summed E-state index contributed by atoms with van der Waals surface area (Å²) in [6.07, 6.45) is 1.25. The lowest BCUT2D eigenvalue weighted by Gasteiger charge is -2.36. The van der Waals surface area contributed by atoms with E-state index < -0.39 is 5.97 Å². The van der Waals surface area contributed by atoms with Gasteiger partial charge in [0.25, 0.3) is 0 Å². The maximum absolute atomic E-state index is 11.8. The second-order valence-electron chi connectivity index (χ2n) is 6.73. The van der Waals surface area contributed by atoms with Gasteiger partial charge in [-0.15, -0.1) is 11.3 Å². The van der Waals surface area contributed by atoms with Crippen LogP contribution in [0.25, 0.3) is 10.1 Å². The Morgan fingerprint density at radius 2 is 2.04 bits per heavy atom. The van der Waals surface area contributed by atoms with Gasteiger partial charge in [-0.05, 0) is 48.7 Å². The molecular weight excluding hydrogens is 376 g/mol. The van der Waals surface area contributed by atoms with Crippen molar-refractivity contribution in [2.45, 2.75) is 20.3 Å². The van der Waals surface area contributed by atoms with E-state index in [2.05, 4.69) is 24.1 Å². The van der Waals surface area contributed by atoms with Crippen molar-refractivity contribution in [1.29, 1.82) is 0 Å². The Labute approximate surface area is 162 Å². The Hall–Kier alpha value is -1.37. The minimum Gasteiger partial charge on any atom is -0.465 e. The first-order valence-electron chi connectivity index (χ1n) is 8.25. The second kappa shape index (κ2) is 7.48. The van der Waals surface area contributed by atoms with Crippen molar-refractivity contribution < 1.29 is 9.53 Å². The number of piperidine rings is 1. The first kappa shape index (κ1) is 18.4. The molecule has 0 aliphatic carbocycles. The molecule has 0 bridgehead atoms. The number of nitrogens with one attached hydrogen (secondary N) is 1. The summed E-state index contributed by atoms with van der Waals surface area (Å²) in [6.45, 7) is 6.49. The molecule has 4 nitrogen and oxygen atoms in total. The molecule has 1 N–H and O–H groups in total. The van der Waals surface area contributed by atoms with Gasteiger partial charge in [0.2, 0.25) is 0 Å². The summed E-state index contributed by atoms with van der Waals surface area (Å²) in [4.78, 5) is 14.5. The maximum atomic E-state index is 11.8. The number of rotatable bonds is 2. The van der Waals surface area contributed by atoms with Crippen molar-refractivity contribution in [2.24, 2.45) is 11.8 Å². The first-order valence-corrected chi connectivity index (χ1v) is 9.85. The summed E-state index contributed by atoms with van der Waals surface area (Å²) in [5.74, 6) is 0.877. The summed E-state index contributed by atoms with van der Waals surface area (Å²) >= 11 is 13.2. The maximum Gasteiger partial charge on any atom is 0.349 e. The van der Waals surface area contributed by atoms with Crippen molar-refractivity contribution in [2.75, 3.05) is 25.5 Å². The van der Waals surface area contributed by atoms with E-state index >= 15 is 0 Å². The molecule has 3 rings (SSSR count). The molecule has 1 aromatic carbocycles. The van der Waals surface area contributed by atoms with Gasteiger partial charge in [0, 0.05) is 28.9 Å². The summed E-state index contributed by atoms with van der Waals surface area (Å²) < 4.78 is 5.71. The Balaban J connectivity index is 1.80. The largest absolute Gasteiger partial charge is 0.465 e. The normalized spacial score (nSPS) is 20.6. The van der Waals surface area contributed by atoms with Crippen LogP contribution >= 0.6 is 35.2 Å². The average molecular weight is 397 g/mol. The summed E-state index contributed by atoms with van der Waals surface area (Å²) in [6, 6.07) is 5.82. The summed E-state index contributed by atoms with van der Waals surface area (Å²) in [7, 11) is 1.36. The number of hydrogen-bond acceptors (Lipinski definition) is 4. The molecule has 2 aromatic rings. The third-order valence-corrected chi connectivity index (χ3v) is 6.41. The number of benzene rings is 1. The van der Waals surface area contributed by atoms with Gasteiger partial charge in [0.05, 0.1) is 12.1 Å². The standard InChI is InChI=1S/C18H21ClN2O2S2/c1-10-6-11(2)9-21(8-10)18(24)20-12-4-5-13-14(7-12)25-16(15(13)19)17(22)23-3/h4-5,7,10-11H,6,8-9H2,1-3H3,(H,20,24)/t10-,11-/m1/s1. The predicted molar refractivity (Wildman–Crippen MR) is 109 cm³/mol. The highest BCUT2D eigenvalue weighted by atomic mass is 35.5. The van der Waals surface area contributed by atoms with Crippen LogP contribution in [0.15, 0.2) is 18.2 Å². The van der Waals surface area contributed by atoms with E-state index in [0.717, 1.165) is 34.0 Å². The molecule has 0 unspecified atom stereocenters. The van der Waals surface area contributed by atoms with Crippen LogP contribution in [-0.4, -0.2) is 36.2 Å². The fourth-order valence-electron chi connectivity index (χ4n) is 3.40. The molecule has 1 aliphatic heterocycles. The van der Waals surface area contributed by atoms with Gasteiger partial charge in [-0.3, -0.25) is 0 Å². The molecular formula is C18H21ClN2O2S2. The van der Waals surface area contributed by atoms with E-state index in [1.165, 1.54) is 24.9 Å². The van der Waals surface area contributed by atoms with Crippen LogP contribution in [0, 0.1) is 11.8 Å². The summed E-state index contributed by atoms with van der Waals surface area (Å²) in [5, 5.41) is 5.36. The monoisotopic (exact) mass is 396 g/mol. The number of halogens is 1. The van der Waals surface area contributed by atoms with E-state index in [0.29, 0.717) is 21.7 Å². The van der Waals surface area contributed by atoms with Crippen LogP contribution in [0.4, 0.5) is 5.69 Å². The number of thiocarbonyl (C=S) groups is 1. The lowest BCUT2D eigenvalue weighted by Crippen LogP contribution is -2.44. The number of nitrogens with zero attached hydrogens (tertiary/aromatic N) is 1. The van der Waals surface area contributed by atoms with Gasteiger partial charge in [-0.1, -0.05) is 25.4 Å². The Morgan fingerprint density at radius 1 is 1.36 bits per heavy atom. The zero-order chi connectivity index (χ0) is 18.1. The molecule has 2 heterocycles. The number of esters is 1. The molecule has 1 fully saturated rings. The van der Waals surface area contributed by atoms with E-state index in [1.54, 1.807) is 0 Å². The lowest BCUT2D eigenvalue weighted by molar-refractivity contribution is 0.0606. The van der Waals surface area contributed by atoms with Crippen LogP contribution in [0.2, 0.25) is 5.02 Å². The van der Waals surface area contributed by atoms with E-state index in [9.17, 15) is 4.79 Å². The highest BCUT2D eigenvalue weighted by Crippen LogP contribution is 2.37. The van der Waals surface area contributed by atoms with Crippen LogP contribution < -0.4 is 5.32 Å². The minimum absolute atomic E-state index is 0.410. The highest BCUT2D eigenvalue weighted by molar-refractivity contribution is 7.80. The van der Waals surface area contributed by atoms with Crippen molar-refractivity contribution >= 4 is 62.0 Å². The Kier molecular flexibility index (Phi) is 5.51. The van der Waals surface area contributed by atoms with Gasteiger partial charge in [-0.2, -0.15) is 0 Å². The number of methoxy groups -OCH3 is 1. The van der Waals surface area contributed by atoms with Crippen molar-refractivity contribution in [1.82, 2.24) is 4.90 Å². The molecule has 1 aromatic heterocycles. The minimum atomic E-state index is -0.410. The lowest BCUT2D eigenvalue weighted by atomic mass is 9.92. The van der Waals surface area contributed by atoms with Gasteiger partial charge in [0.15, 0.2) is 5.11 Å². The number of hydrogen-bond donors (Lipinski definition) is 1. The van der Waals surface area contributed by atoms with Crippen molar-refractivity contribution in [3.05, 3.63) is 28.1 Å². The SMILES string of the molecule is COC(=O)c1sc2cc(NC(=S)N3C[C@H](C)C[C@@H](C)C3)ccc2c1Cl. The Bertz CT molecular complexity index is 811. The zero-order valence-corrected chi connectivity index (χ0v) is 16.9. The van der Waals surface area contributed by atoms with Crippen molar-refractivity contribution in [3.63, 3.8) is 0 Å². The van der Waals surface area contributed by atoms with Crippen LogP contribution in [0.3, 0.4) is 0 Å². The average Bonchev–Trinajstić information content (AvgIpc) is 2.89. The molecule has 0 spiro atoms. The third kappa shape index (κ3) is 3.91. The van der Waals surface area contributed by atoms with Gasteiger partial charge in [-0.25, -0.2) is 4.79 Å². The molecule has 0 saturated carbocycles. The highest BCUT2D eigenvalue weighted by Gasteiger charge is 2.24. The van der Waals surface area contributed by atoms with Gasteiger partial charge >= 0.3 is 5.97 Å².